The maximum absolute atomic E-state index is 13.5. The number of aromatic carboxylic acids is 1. The summed E-state index contributed by atoms with van der Waals surface area (Å²) in [6.45, 7) is 1.93. The van der Waals surface area contributed by atoms with Gasteiger partial charge in [0.15, 0.2) is 0 Å². The number of carbonyl (C=O) groups is 1. The van der Waals surface area contributed by atoms with Gasteiger partial charge in [-0.25, -0.2) is 9.18 Å². The van der Waals surface area contributed by atoms with E-state index in [2.05, 4.69) is 5.10 Å². The molecule has 1 N–H and O–H groups in total. The van der Waals surface area contributed by atoms with Gasteiger partial charge in [-0.05, 0) is 18.6 Å². The van der Waals surface area contributed by atoms with Crippen LogP contribution in [0.25, 0.3) is 0 Å². The summed E-state index contributed by atoms with van der Waals surface area (Å²) in [6, 6.07) is 3.86. The number of hydrogen-bond donors (Lipinski definition) is 1. The van der Waals surface area contributed by atoms with Crippen molar-refractivity contribution in [2.24, 2.45) is 7.05 Å². The highest BCUT2D eigenvalue weighted by atomic mass is 35.5. The van der Waals surface area contributed by atoms with Crippen LogP contribution in [0.1, 0.15) is 28.7 Å². The molecular formula is C14H14ClFN2O3. The molecule has 0 aliphatic carbocycles. The second kappa shape index (κ2) is 6.13. The Hall–Kier alpha value is -2.08. The molecule has 0 aliphatic heterocycles. The van der Waals surface area contributed by atoms with Gasteiger partial charge >= 0.3 is 5.97 Å². The second-order valence-corrected chi connectivity index (χ2v) is 4.77. The number of carboxylic acids is 1. The summed E-state index contributed by atoms with van der Waals surface area (Å²) < 4.78 is 20.5. The molecule has 21 heavy (non-hydrogen) atoms. The van der Waals surface area contributed by atoms with E-state index in [1.165, 1.54) is 12.1 Å². The van der Waals surface area contributed by atoms with Gasteiger partial charge in [0.25, 0.3) is 0 Å². The number of halogens is 2. The minimum atomic E-state index is -1.38. The van der Waals surface area contributed by atoms with Gasteiger partial charge in [-0.1, -0.05) is 24.6 Å². The van der Waals surface area contributed by atoms with Crippen molar-refractivity contribution in [3.8, 4) is 5.75 Å². The molecule has 7 heteroatoms. The Kier molecular flexibility index (Phi) is 4.47. The minimum Gasteiger partial charge on any atom is -0.486 e. The van der Waals surface area contributed by atoms with Crippen molar-refractivity contribution in [2.45, 2.75) is 20.0 Å². The van der Waals surface area contributed by atoms with Crippen molar-refractivity contribution in [3.05, 3.63) is 46.0 Å². The van der Waals surface area contributed by atoms with Crippen molar-refractivity contribution in [3.63, 3.8) is 0 Å². The smallest absolute Gasteiger partial charge is 0.342 e. The SMILES string of the molecule is CCc1nn(C)c(COc2cccc(F)c2C(=O)O)c1Cl. The first-order valence-electron chi connectivity index (χ1n) is 6.30. The van der Waals surface area contributed by atoms with Crippen LogP contribution in [0.2, 0.25) is 5.02 Å². The fourth-order valence-corrected chi connectivity index (χ4v) is 2.30. The first kappa shape index (κ1) is 15.3. The third-order valence-electron chi connectivity index (χ3n) is 3.06. The highest BCUT2D eigenvalue weighted by Gasteiger charge is 2.19. The predicted octanol–water partition coefficient (Wildman–Crippen LogP) is 3.05. The number of aromatic nitrogens is 2. The minimum absolute atomic E-state index is 0.00602. The standard InChI is InChI=1S/C14H14ClFN2O3/c1-3-9-13(15)10(18(2)17-9)7-21-11-6-4-5-8(16)12(11)14(19)20/h4-6H,3,7H2,1-2H3,(H,19,20). The lowest BCUT2D eigenvalue weighted by Crippen LogP contribution is -2.08. The number of ether oxygens (including phenoxy) is 1. The maximum atomic E-state index is 13.5. The fourth-order valence-electron chi connectivity index (χ4n) is 1.95. The van der Waals surface area contributed by atoms with E-state index in [-0.39, 0.29) is 12.4 Å². The third kappa shape index (κ3) is 3.00. The molecule has 1 aromatic heterocycles. The molecule has 0 saturated carbocycles. The Morgan fingerprint density at radius 3 is 2.81 bits per heavy atom. The lowest BCUT2D eigenvalue weighted by molar-refractivity contribution is 0.0686. The van der Waals surface area contributed by atoms with Crippen LogP contribution < -0.4 is 4.74 Å². The molecular weight excluding hydrogens is 299 g/mol. The quantitative estimate of drug-likeness (QED) is 0.921. The van der Waals surface area contributed by atoms with E-state index in [1.807, 2.05) is 6.92 Å². The molecule has 1 aromatic carbocycles. The van der Waals surface area contributed by atoms with Gasteiger partial charge in [0.05, 0.1) is 16.4 Å². The van der Waals surface area contributed by atoms with Gasteiger partial charge in [0.1, 0.15) is 23.7 Å². The van der Waals surface area contributed by atoms with Crippen LogP contribution in [0.4, 0.5) is 4.39 Å². The summed E-state index contributed by atoms with van der Waals surface area (Å²) in [5.41, 5.74) is 0.844. The number of carboxylic acid groups (broad SMARTS) is 1. The summed E-state index contributed by atoms with van der Waals surface area (Å²) in [6.07, 6.45) is 0.674. The van der Waals surface area contributed by atoms with Gasteiger partial charge in [-0.2, -0.15) is 5.10 Å². The van der Waals surface area contributed by atoms with Gasteiger partial charge in [0.2, 0.25) is 0 Å². The zero-order chi connectivity index (χ0) is 15.6. The molecule has 0 amide bonds. The molecule has 0 fully saturated rings. The third-order valence-corrected chi connectivity index (χ3v) is 3.49. The largest absolute Gasteiger partial charge is 0.486 e. The summed E-state index contributed by atoms with van der Waals surface area (Å²) >= 11 is 6.18. The molecule has 0 saturated heterocycles. The lowest BCUT2D eigenvalue weighted by atomic mass is 10.2. The van der Waals surface area contributed by atoms with E-state index < -0.39 is 17.3 Å². The number of rotatable bonds is 5. The van der Waals surface area contributed by atoms with Crippen LogP contribution >= 0.6 is 11.6 Å². The van der Waals surface area contributed by atoms with Crippen molar-refractivity contribution in [2.75, 3.05) is 0 Å². The summed E-state index contributed by atoms with van der Waals surface area (Å²) in [4.78, 5) is 11.1. The molecule has 0 spiro atoms. The van der Waals surface area contributed by atoms with E-state index in [0.29, 0.717) is 17.1 Å². The Balaban J connectivity index is 2.27. The van der Waals surface area contributed by atoms with Crippen molar-refractivity contribution in [1.82, 2.24) is 9.78 Å². The molecule has 5 nitrogen and oxygen atoms in total. The summed E-state index contributed by atoms with van der Waals surface area (Å²) in [5.74, 6) is -2.27. The van der Waals surface area contributed by atoms with Gasteiger partial charge < -0.3 is 9.84 Å². The van der Waals surface area contributed by atoms with Crippen LogP contribution in [0.15, 0.2) is 18.2 Å². The van der Waals surface area contributed by atoms with Crippen LogP contribution in [0.3, 0.4) is 0 Å². The zero-order valence-corrected chi connectivity index (χ0v) is 12.3. The molecule has 0 radical (unpaired) electrons. The average molecular weight is 313 g/mol. The highest BCUT2D eigenvalue weighted by molar-refractivity contribution is 6.31. The maximum Gasteiger partial charge on any atom is 0.342 e. The second-order valence-electron chi connectivity index (χ2n) is 4.39. The van der Waals surface area contributed by atoms with Crippen molar-refractivity contribution >= 4 is 17.6 Å². The van der Waals surface area contributed by atoms with Gasteiger partial charge in [-0.3, -0.25) is 4.68 Å². The lowest BCUT2D eigenvalue weighted by Gasteiger charge is -2.10. The number of benzene rings is 1. The zero-order valence-electron chi connectivity index (χ0n) is 11.6. The molecule has 2 aromatic rings. The molecule has 2 rings (SSSR count). The molecule has 0 aliphatic rings. The van der Waals surface area contributed by atoms with Crippen LogP contribution in [0, 0.1) is 5.82 Å². The average Bonchev–Trinajstić information content (AvgIpc) is 2.70. The predicted molar refractivity (Wildman–Crippen MR) is 75.3 cm³/mol. The van der Waals surface area contributed by atoms with Crippen LogP contribution in [-0.4, -0.2) is 20.9 Å². The Morgan fingerprint density at radius 2 is 2.24 bits per heavy atom. The van der Waals surface area contributed by atoms with Crippen LogP contribution in [0.5, 0.6) is 5.75 Å². The normalized spacial score (nSPS) is 10.7. The van der Waals surface area contributed by atoms with Gasteiger partial charge in [0, 0.05) is 7.05 Å². The monoisotopic (exact) mass is 312 g/mol. The first-order chi connectivity index (χ1) is 9.95. The molecule has 0 unspecified atom stereocenters. The van der Waals surface area contributed by atoms with E-state index in [0.717, 1.165) is 11.8 Å². The van der Waals surface area contributed by atoms with E-state index in [1.54, 1.807) is 11.7 Å². The summed E-state index contributed by atoms with van der Waals surface area (Å²) in [5, 5.41) is 13.7. The van der Waals surface area contributed by atoms with Crippen molar-refractivity contribution in [1.29, 1.82) is 0 Å². The van der Waals surface area contributed by atoms with E-state index in [9.17, 15) is 9.18 Å². The van der Waals surface area contributed by atoms with E-state index in [4.69, 9.17) is 21.4 Å². The van der Waals surface area contributed by atoms with Crippen LogP contribution in [-0.2, 0) is 20.1 Å². The number of aryl methyl sites for hydroxylation is 2. The topological polar surface area (TPSA) is 64.4 Å². The molecule has 0 bridgehead atoms. The molecule has 112 valence electrons. The number of hydrogen-bond acceptors (Lipinski definition) is 3. The fraction of sp³-hybridized carbons (Fsp3) is 0.286. The first-order valence-corrected chi connectivity index (χ1v) is 6.68. The Bertz CT molecular complexity index is 685. The van der Waals surface area contributed by atoms with Crippen molar-refractivity contribution < 1.29 is 19.0 Å². The number of nitrogens with zero attached hydrogens (tertiary/aromatic N) is 2. The summed E-state index contributed by atoms with van der Waals surface area (Å²) in [7, 11) is 1.72. The Morgan fingerprint density at radius 1 is 1.52 bits per heavy atom. The van der Waals surface area contributed by atoms with E-state index >= 15 is 0 Å². The molecule has 0 atom stereocenters. The molecule has 1 heterocycles. The highest BCUT2D eigenvalue weighted by Crippen LogP contribution is 2.25. The Labute approximate surface area is 125 Å². The van der Waals surface area contributed by atoms with Gasteiger partial charge in [-0.15, -0.1) is 0 Å².